The molecule has 5 rings (SSSR count). The number of esters is 2. The molecule has 1 amide bonds. The Bertz CT molecular complexity index is 1270. The van der Waals surface area contributed by atoms with Crippen molar-refractivity contribution in [2.45, 2.75) is 95.4 Å². The summed E-state index contributed by atoms with van der Waals surface area (Å²) in [5, 5.41) is 3.20. The second-order valence-electron chi connectivity index (χ2n) is 11.7. The van der Waals surface area contributed by atoms with Crippen molar-refractivity contribution in [2.75, 3.05) is 6.61 Å². The Morgan fingerprint density at radius 1 is 0.977 bits per heavy atom. The molecule has 3 fully saturated rings. The predicted molar refractivity (Wildman–Crippen MR) is 156 cm³/mol. The molecule has 1 saturated carbocycles. The van der Waals surface area contributed by atoms with Gasteiger partial charge in [-0.3, -0.25) is 14.9 Å². The van der Waals surface area contributed by atoms with Crippen molar-refractivity contribution in [1.29, 1.82) is 0 Å². The molecule has 3 unspecified atom stereocenters. The number of nitrogens with one attached hydrogen (secondary N) is 1. The van der Waals surface area contributed by atoms with E-state index in [1.54, 1.807) is 18.7 Å². The lowest BCUT2D eigenvalue weighted by molar-refractivity contribution is -0.157. The van der Waals surface area contributed by atoms with Crippen molar-refractivity contribution < 1.29 is 38.1 Å². The van der Waals surface area contributed by atoms with Crippen molar-refractivity contribution >= 4 is 24.0 Å². The summed E-state index contributed by atoms with van der Waals surface area (Å²) in [6.45, 7) is 3.38. The maximum atomic E-state index is 14.0. The largest absolute Gasteiger partial charge is 0.509 e. The number of carbonyl (C=O) groups excluding carboxylic acids is 4. The summed E-state index contributed by atoms with van der Waals surface area (Å²) in [5.41, 5.74) is 1.93. The highest BCUT2D eigenvalue weighted by atomic mass is 16.8. The average molecular weight is 593 g/mol. The van der Waals surface area contributed by atoms with E-state index in [4.69, 9.17) is 18.9 Å². The predicted octanol–water partition coefficient (Wildman–Crippen LogP) is 3.95. The van der Waals surface area contributed by atoms with E-state index in [1.165, 1.54) is 0 Å². The topological polar surface area (TPSA) is 120 Å². The van der Waals surface area contributed by atoms with Crippen LogP contribution < -0.4 is 5.32 Å². The van der Waals surface area contributed by atoms with Gasteiger partial charge >= 0.3 is 18.1 Å². The number of aryl methyl sites for hydroxylation is 1. The summed E-state index contributed by atoms with van der Waals surface area (Å²) >= 11 is 0. The molecule has 1 aliphatic carbocycles. The van der Waals surface area contributed by atoms with Gasteiger partial charge in [0.1, 0.15) is 31.4 Å². The van der Waals surface area contributed by atoms with Gasteiger partial charge in [0, 0.05) is 6.04 Å². The second kappa shape index (κ2) is 14.0. The molecule has 10 heteroatoms. The van der Waals surface area contributed by atoms with Gasteiger partial charge in [0.05, 0.1) is 6.04 Å². The first-order chi connectivity index (χ1) is 20.8. The molecule has 230 valence electrons. The molecule has 3 aliphatic rings. The molecule has 2 aliphatic heterocycles. The summed E-state index contributed by atoms with van der Waals surface area (Å²) in [6.07, 6.45) is 2.33. The Labute approximate surface area is 252 Å². The lowest BCUT2D eigenvalue weighted by Gasteiger charge is -2.32. The molecule has 0 bridgehead atoms. The van der Waals surface area contributed by atoms with E-state index < -0.39 is 48.4 Å². The van der Waals surface area contributed by atoms with E-state index in [2.05, 4.69) is 5.32 Å². The van der Waals surface area contributed by atoms with Crippen LogP contribution in [-0.2, 0) is 46.4 Å². The van der Waals surface area contributed by atoms with Gasteiger partial charge in [0.25, 0.3) is 0 Å². The van der Waals surface area contributed by atoms with Crippen LogP contribution in [0, 0.1) is 5.92 Å². The zero-order valence-corrected chi connectivity index (χ0v) is 24.7. The number of hydrogen-bond acceptors (Lipinski definition) is 9. The number of ether oxygens (including phenoxy) is 4. The number of benzene rings is 2. The monoisotopic (exact) mass is 592 g/mol. The highest BCUT2D eigenvalue weighted by molar-refractivity contribution is 5.89. The first kappa shape index (κ1) is 30.5. The molecule has 2 heterocycles. The fourth-order valence-corrected chi connectivity index (χ4v) is 6.37. The zero-order valence-electron chi connectivity index (χ0n) is 24.7. The van der Waals surface area contributed by atoms with E-state index in [0.29, 0.717) is 19.3 Å². The van der Waals surface area contributed by atoms with Gasteiger partial charge in [-0.25, -0.2) is 9.59 Å². The number of nitrogens with zero attached hydrogens (tertiary/aromatic N) is 1. The lowest BCUT2D eigenvalue weighted by atomic mass is 10.0. The molecule has 7 atom stereocenters. The summed E-state index contributed by atoms with van der Waals surface area (Å²) in [7, 11) is 0. The average Bonchev–Trinajstić information content (AvgIpc) is 3.71. The number of rotatable bonds is 12. The Morgan fingerprint density at radius 2 is 1.67 bits per heavy atom. The molecule has 0 aromatic heterocycles. The molecule has 43 heavy (non-hydrogen) atoms. The van der Waals surface area contributed by atoms with E-state index >= 15 is 0 Å². The Balaban J connectivity index is 1.25. The van der Waals surface area contributed by atoms with Gasteiger partial charge in [-0.2, -0.15) is 0 Å². The molecule has 2 saturated heterocycles. The standard InChI is InChI=1S/C33H40N2O8/c1-21(30(36)35-27-15-9-14-25(27)18-28(35)32(38)40-19-24-12-7-4-8-13-24)34-26(17-16-23-10-5-3-6-11-23)31(37)41-20-29-22(2)42-33(39)43-29/h3-8,10-13,21-22,25-29,34H,9,14-20H2,1-2H3/t21?,22?,25-,26?,27-,28-,29-/m0/s1. The number of carbonyl (C=O) groups is 4. The van der Waals surface area contributed by atoms with Crippen LogP contribution in [0.25, 0.3) is 0 Å². The van der Waals surface area contributed by atoms with Gasteiger partial charge in [0.2, 0.25) is 5.91 Å². The number of hydrogen-bond donors (Lipinski definition) is 1. The summed E-state index contributed by atoms with van der Waals surface area (Å²) in [4.78, 5) is 53.7. The van der Waals surface area contributed by atoms with Gasteiger partial charge < -0.3 is 23.8 Å². The summed E-state index contributed by atoms with van der Waals surface area (Å²) in [5.74, 6) is -0.936. The van der Waals surface area contributed by atoms with Crippen molar-refractivity contribution in [2.24, 2.45) is 5.92 Å². The number of likely N-dealkylation sites (tertiary alicyclic amines) is 1. The molecule has 2 aromatic carbocycles. The third-order valence-corrected chi connectivity index (χ3v) is 8.70. The third kappa shape index (κ3) is 7.54. The first-order valence-corrected chi connectivity index (χ1v) is 15.2. The summed E-state index contributed by atoms with van der Waals surface area (Å²) < 4.78 is 21.3. The normalized spacial score (nSPS) is 25.8. The second-order valence-corrected chi connectivity index (χ2v) is 11.7. The van der Waals surface area contributed by atoms with Crippen molar-refractivity contribution in [3.05, 3.63) is 71.8 Å². The first-order valence-electron chi connectivity index (χ1n) is 15.2. The van der Waals surface area contributed by atoms with Gasteiger partial charge in [-0.15, -0.1) is 0 Å². The number of amides is 1. The molecule has 2 aromatic rings. The van der Waals surface area contributed by atoms with Crippen LogP contribution in [0.3, 0.4) is 0 Å². The van der Waals surface area contributed by atoms with Crippen LogP contribution in [0.5, 0.6) is 0 Å². The van der Waals surface area contributed by atoms with Crippen LogP contribution in [0.4, 0.5) is 4.79 Å². The summed E-state index contributed by atoms with van der Waals surface area (Å²) in [6, 6.07) is 16.9. The van der Waals surface area contributed by atoms with E-state index in [-0.39, 0.29) is 31.1 Å². The maximum absolute atomic E-state index is 14.0. The van der Waals surface area contributed by atoms with Crippen molar-refractivity contribution in [3.8, 4) is 0 Å². The molecule has 0 radical (unpaired) electrons. The van der Waals surface area contributed by atoms with Crippen LogP contribution in [0.15, 0.2) is 60.7 Å². The van der Waals surface area contributed by atoms with Gasteiger partial charge in [0.15, 0.2) is 6.10 Å². The minimum atomic E-state index is -0.807. The van der Waals surface area contributed by atoms with Crippen LogP contribution >= 0.6 is 0 Å². The fraction of sp³-hybridized carbons (Fsp3) is 0.515. The van der Waals surface area contributed by atoms with E-state index in [1.807, 2.05) is 60.7 Å². The molecule has 0 spiro atoms. The highest BCUT2D eigenvalue weighted by Crippen LogP contribution is 2.42. The maximum Gasteiger partial charge on any atom is 0.509 e. The smallest absolute Gasteiger partial charge is 0.460 e. The molecular formula is C33H40N2O8. The van der Waals surface area contributed by atoms with Crippen molar-refractivity contribution in [1.82, 2.24) is 10.2 Å². The van der Waals surface area contributed by atoms with E-state index in [0.717, 1.165) is 30.4 Å². The zero-order chi connectivity index (χ0) is 30.3. The lowest BCUT2D eigenvalue weighted by Crippen LogP contribution is -2.55. The SMILES string of the molecule is CC(NC(CCc1ccccc1)C(=O)OC[C@@H]1OC(=O)OC1C)C(=O)N1[C@H](C(=O)OCc2ccccc2)C[C@@H]2CCC[C@@H]21. The quantitative estimate of drug-likeness (QED) is 0.289. The Morgan fingerprint density at radius 3 is 2.35 bits per heavy atom. The van der Waals surface area contributed by atoms with Crippen LogP contribution in [0.1, 0.15) is 57.1 Å². The minimum Gasteiger partial charge on any atom is -0.460 e. The highest BCUT2D eigenvalue weighted by Gasteiger charge is 2.50. The van der Waals surface area contributed by atoms with Crippen LogP contribution in [-0.4, -0.2) is 71.9 Å². The number of cyclic esters (lactones) is 2. The van der Waals surface area contributed by atoms with Crippen molar-refractivity contribution in [3.63, 3.8) is 0 Å². The minimum absolute atomic E-state index is 0.0284. The van der Waals surface area contributed by atoms with Gasteiger partial charge in [-0.05, 0) is 63.0 Å². The molecular weight excluding hydrogens is 552 g/mol. The molecule has 1 N–H and O–H groups in total. The fourth-order valence-electron chi connectivity index (χ4n) is 6.37. The Hall–Kier alpha value is -3.92. The Kier molecular flexibility index (Phi) is 9.97. The number of fused-ring (bicyclic) bond motifs is 1. The third-order valence-electron chi connectivity index (χ3n) is 8.70. The molecule has 10 nitrogen and oxygen atoms in total. The van der Waals surface area contributed by atoms with Crippen LogP contribution in [0.2, 0.25) is 0 Å². The van der Waals surface area contributed by atoms with E-state index in [9.17, 15) is 19.2 Å². The van der Waals surface area contributed by atoms with Gasteiger partial charge in [-0.1, -0.05) is 67.1 Å².